The lowest BCUT2D eigenvalue weighted by Crippen LogP contribution is -2.41. The molecule has 6 N–H and O–H groups in total. The van der Waals surface area contributed by atoms with Gasteiger partial charge < -0.3 is 35.2 Å². The number of nitrogens with zero attached hydrogens (tertiary/aromatic N) is 4. The fourth-order valence-corrected chi connectivity index (χ4v) is 3.32. The van der Waals surface area contributed by atoms with E-state index >= 15 is 0 Å². The fraction of sp³-hybridized carbons (Fsp3) is 0.533. The predicted octanol–water partition coefficient (Wildman–Crippen LogP) is -0.554. The lowest BCUT2D eigenvalue weighted by atomic mass is 10.1. The van der Waals surface area contributed by atoms with Crippen LogP contribution in [0.2, 0.25) is 0 Å². The number of fused-ring (bicyclic) bond motifs is 1. The van der Waals surface area contributed by atoms with Crippen LogP contribution in [0.1, 0.15) is 19.6 Å². The summed E-state index contributed by atoms with van der Waals surface area (Å²) < 4.78 is 28.3. The van der Waals surface area contributed by atoms with Crippen LogP contribution >= 0.6 is 7.82 Å². The number of anilines is 1. The first kappa shape index (κ1) is 21.7. The Morgan fingerprint density at radius 3 is 2.76 bits per heavy atom. The van der Waals surface area contributed by atoms with Crippen LogP contribution in [0.3, 0.4) is 0 Å². The SMILES string of the molecule is C=C(C)CCOC(OP(=O)(O)O)[C@H]1O[C@@H](n2cnc3c(N)ncnc32)[C@H](O)[C@@H]1O. The molecule has 3 rings (SSSR count). The molecule has 5 atom stereocenters. The van der Waals surface area contributed by atoms with Gasteiger partial charge in [-0.15, -0.1) is 6.58 Å². The summed E-state index contributed by atoms with van der Waals surface area (Å²) in [5.74, 6) is 0.115. The molecule has 29 heavy (non-hydrogen) atoms. The largest absolute Gasteiger partial charge is 0.472 e. The third kappa shape index (κ3) is 4.79. The monoisotopic (exact) mass is 431 g/mol. The summed E-state index contributed by atoms with van der Waals surface area (Å²) in [5, 5.41) is 20.9. The van der Waals surface area contributed by atoms with Crippen molar-refractivity contribution >= 4 is 24.8 Å². The van der Waals surface area contributed by atoms with Crippen LogP contribution in [0.25, 0.3) is 11.2 Å². The van der Waals surface area contributed by atoms with E-state index < -0.39 is 38.7 Å². The summed E-state index contributed by atoms with van der Waals surface area (Å²) in [7, 11) is -4.99. The third-order valence-corrected chi connectivity index (χ3v) is 4.74. The van der Waals surface area contributed by atoms with Gasteiger partial charge in [0.15, 0.2) is 24.0 Å². The number of aliphatic hydroxyl groups excluding tert-OH is 2. The normalized spacial score (nSPS) is 26.1. The number of phosphoric ester groups is 1. The van der Waals surface area contributed by atoms with Gasteiger partial charge in [-0.3, -0.25) is 9.09 Å². The average molecular weight is 431 g/mol. The van der Waals surface area contributed by atoms with Crippen molar-refractivity contribution < 1.29 is 38.6 Å². The van der Waals surface area contributed by atoms with Gasteiger partial charge in [-0.25, -0.2) is 19.5 Å². The summed E-state index contributed by atoms with van der Waals surface area (Å²) in [6, 6.07) is 0. The molecular weight excluding hydrogens is 409 g/mol. The second kappa shape index (κ2) is 8.42. The van der Waals surface area contributed by atoms with E-state index in [4.69, 9.17) is 15.2 Å². The first-order valence-corrected chi connectivity index (χ1v) is 10.1. The van der Waals surface area contributed by atoms with Crippen LogP contribution in [-0.4, -0.2) is 70.7 Å². The molecule has 1 aliphatic heterocycles. The van der Waals surface area contributed by atoms with Gasteiger partial charge in [-0.05, 0) is 13.3 Å². The van der Waals surface area contributed by atoms with E-state index in [0.29, 0.717) is 6.42 Å². The van der Waals surface area contributed by atoms with Crippen LogP contribution in [0, 0.1) is 0 Å². The molecule has 1 fully saturated rings. The number of nitrogens with two attached hydrogens (primary N) is 1. The van der Waals surface area contributed by atoms with Crippen LogP contribution < -0.4 is 5.73 Å². The standard InChI is InChI=1S/C15H22N5O8P/c1-7(2)3-4-26-15(28-29(23,24)25)11-9(21)10(22)14(27-11)20-6-19-8-12(16)17-5-18-13(8)20/h5-6,9-11,14-15,21-22H,1,3-4H2,2H3,(H2,16,17,18)(H2,23,24,25)/t9-,10+,11-,14+,15?/m0/s1. The maximum absolute atomic E-state index is 11.3. The third-order valence-electron chi connectivity index (χ3n) is 4.26. The molecule has 13 nitrogen and oxygen atoms in total. The molecular formula is C15H22N5O8P. The van der Waals surface area contributed by atoms with Crippen molar-refractivity contribution in [3.63, 3.8) is 0 Å². The van der Waals surface area contributed by atoms with E-state index in [0.717, 1.165) is 5.57 Å². The van der Waals surface area contributed by atoms with Crippen LogP contribution in [0.15, 0.2) is 24.8 Å². The first-order valence-electron chi connectivity index (χ1n) is 8.53. The number of imidazole rings is 1. The zero-order valence-corrected chi connectivity index (χ0v) is 16.3. The number of aliphatic hydroxyl groups is 2. The molecule has 0 bridgehead atoms. The van der Waals surface area contributed by atoms with E-state index in [1.807, 2.05) is 0 Å². The van der Waals surface area contributed by atoms with Crippen molar-refractivity contribution in [1.82, 2.24) is 19.5 Å². The van der Waals surface area contributed by atoms with Crippen molar-refractivity contribution in [3.8, 4) is 0 Å². The van der Waals surface area contributed by atoms with Crippen molar-refractivity contribution in [3.05, 3.63) is 24.8 Å². The molecule has 1 saturated heterocycles. The van der Waals surface area contributed by atoms with Crippen LogP contribution in [-0.2, 0) is 18.6 Å². The number of hydrogen-bond acceptors (Lipinski definition) is 10. The average Bonchev–Trinajstić information content (AvgIpc) is 3.16. The quantitative estimate of drug-likeness (QED) is 0.203. The molecule has 3 heterocycles. The Morgan fingerprint density at radius 1 is 1.38 bits per heavy atom. The van der Waals surface area contributed by atoms with Crippen LogP contribution in [0.4, 0.5) is 5.82 Å². The molecule has 14 heteroatoms. The van der Waals surface area contributed by atoms with Gasteiger partial charge >= 0.3 is 7.82 Å². The maximum atomic E-state index is 11.3. The number of rotatable bonds is 8. The van der Waals surface area contributed by atoms with Crippen molar-refractivity contribution in [2.45, 2.75) is 44.2 Å². The molecule has 0 spiro atoms. The number of ether oxygens (including phenoxy) is 2. The Bertz CT molecular complexity index is 933. The van der Waals surface area contributed by atoms with Crippen molar-refractivity contribution in [2.75, 3.05) is 12.3 Å². The minimum absolute atomic E-state index is 0.00507. The van der Waals surface area contributed by atoms with Gasteiger partial charge in [0.05, 0.1) is 12.9 Å². The Labute approximate surface area is 165 Å². The van der Waals surface area contributed by atoms with E-state index in [9.17, 15) is 24.6 Å². The van der Waals surface area contributed by atoms with Gasteiger partial charge in [0, 0.05) is 0 Å². The van der Waals surface area contributed by atoms with Gasteiger partial charge in [0.1, 0.15) is 30.2 Å². The second-order valence-electron chi connectivity index (χ2n) is 6.60. The van der Waals surface area contributed by atoms with Gasteiger partial charge in [0.25, 0.3) is 0 Å². The molecule has 160 valence electrons. The molecule has 0 radical (unpaired) electrons. The zero-order valence-electron chi connectivity index (χ0n) is 15.4. The Morgan fingerprint density at radius 2 is 2.10 bits per heavy atom. The van der Waals surface area contributed by atoms with E-state index in [1.165, 1.54) is 17.2 Å². The Kier molecular flexibility index (Phi) is 6.31. The van der Waals surface area contributed by atoms with Gasteiger partial charge in [-0.1, -0.05) is 5.57 Å². The number of nitrogen functional groups attached to an aromatic ring is 1. The van der Waals surface area contributed by atoms with Crippen molar-refractivity contribution in [2.24, 2.45) is 0 Å². The summed E-state index contributed by atoms with van der Waals surface area (Å²) in [6.45, 7) is 5.46. The molecule has 1 aliphatic rings. The van der Waals surface area contributed by atoms with Crippen LogP contribution in [0.5, 0.6) is 0 Å². The zero-order chi connectivity index (χ0) is 21.3. The first-order chi connectivity index (χ1) is 13.6. The van der Waals surface area contributed by atoms with Gasteiger partial charge in [-0.2, -0.15) is 0 Å². The fourth-order valence-electron chi connectivity index (χ4n) is 2.87. The molecule has 2 aromatic heterocycles. The smallest absolute Gasteiger partial charge is 0.387 e. The molecule has 2 aromatic rings. The lowest BCUT2D eigenvalue weighted by Gasteiger charge is -2.26. The summed E-state index contributed by atoms with van der Waals surface area (Å²) in [5.41, 5.74) is 7.02. The minimum Gasteiger partial charge on any atom is -0.387 e. The van der Waals surface area contributed by atoms with E-state index in [2.05, 4.69) is 26.1 Å². The summed E-state index contributed by atoms with van der Waals surface area (Å²) >= 11 is 0. The maximum Gasteiger partial charge on any atom is 0.472 e. The molecule has 1 unspecified atom stereocenters. The number of aromatic nitrogens is 4. The Hall–Kier alpha value is -1.96. The Balaban J connectivity index is 1.85. The number of hydrogen-bond donors (Lipinski definition) is 5. The predicted molar refractivity (Wildman–Crippen MR) is 98.0 cm³/mol. The lowest BCUT2D eigenvalue weighted by molar-refractivity contribution is -0.187. The van der Waals surface area contributed by atoms with E-state index in [1.54, 1.807) is 6.92 Å². The number of phosphoric acid groups is 1. The second-order valence-corrected chi connectivity index (χ2v) is 7.79. The highest BCUT2D eigenvalue weighted by molar-refractivity contribution is 7.46. The topological polar surface area (TPSA) is 195 Å². The summed E-state index contributed by atoms with van der Waals surface area (Å²) in [6.07, 6.45) is -4.46. The summed E-state index contributed by atoms with van der Waals surface area (Å²) in [4.78, 5) is 30.3. The van der Waals surface area contributed by atoms with E-state index in [-0.39, 0.29) is 23.6 Å². The molecule has 0 amide bonds. The van der Waals surface area contributed by atoms with Gasteiger partial charge in [0.2, 0.25) is 0 Å². The highest BCUT2D eigenvalue weighted by Gasteiger charge is 2.50. The van der Waals surface area contributed by atoms with Crippen molar-refractivity contribution in [1.29, 1.82) is 0 Å². The molecule has 0 aromatic carbocycles. The molecule has 0 aliphatic carbocycles. The highest BCUT2D eigenvalue weighted by atomic mass is 31.2. The minimum atomic E-state index is -4.99. The molecule has 0 saturated carbocycles. The highest BCUT2D eigenvalue weighted by Crippen LogP contribution is 2.42.